The van der Waals surface area contributed by atoms with Crippen LogP contribution >= 0.6 is 10.8 Å². The summed E-state index contributed by atoms with van der Waals surface area (Å²) >= 11 is 0. The average molecular weight is 400 g/mol. The second-order valence-corrected chi connectivity index (χ2v) is 8.12. The van der Waals surface area contributed by atoms with Gasteiger partial charge in [-0.2, -0.15) is 0 Å². The number of nitrogens with zero attached hydrogens (tertiary/aromatic N) is 3. The first-order valence-electron chi connectivity index (χ1n) is 8.62. The van der Waals surface area contributed by atoms with E-state index in [2.05, 4.69) is 14.6 Å². The largest absolute Gasteiger partial charge is 0.457 e. The van der Waals surface area contributed by atoms with E-state index in [4.69, 9.17) is 9.15 Å². The highest BCUT2D eigenvalue weighted by Gasteiger charge is 2.34. The summed E-state index contributed by atoms with van der Waals surface area (Å²) in [4.78, 5) is 13.5. The molecule has 3 heterocycles. The lowest BCUT2D eigenvalue weighted by molar-refractivity contribution is 0.473. The van der Waals surface area contributed by atoms with Gasteiger partial charge in [0, 0.05) is 24.6 Å². The molecule has 1 aromatic heterocycles. The lowest BCUT2D eigenvalue weighted by atomic mass is 10.2. The molecular weight excluding hydrogens is 384 g/mol. The number of aromatic amines is 1. The van der Waals surface area contributed by atoms with Crippen molar-refractivity contribution < 1.29 is 18.3 Å². The molecular formula is C18H16N4O5S. The van der Waals surface area contributed by atoms with Crippen LogP contribution in [0.15, 0.2) is 61.0 Å². The topological polar surface area (TPSA) is 124 Å². The van der Waals surface area contributed by atoms with Crippen molar-refractivity contribution in [2.75, 3.05) is 11.4 Å². The van der Waals surface area contributed by atoms with Gasteiger partial charge < -0.3 is 14.1 Å². The molecule has 0 bridgehead atoms. The summed E-state index contributed by atoms with van der Waals surface area (Å²) in [6.45, 7) is 0.804. The molecule has 2 aliphatic heterocycles. The van der Waals surface area contributed by atoms with Crippen LogP contribution in [0.25, 0.3) is 11.5 Å². The fraction of sp³-hybridized carbons (Fsp3) is 0.167. The number of benzene rings is 2. The Labute approximate surface area is 160 Å². The maximum Gasteiger partial charge on any atom is 0.434 e. The van der Waals surface area contributed by atoms with Crippen LogP contribution in [0.4, 0.5) is 5.69 Å². The van der Waals surface area contributed by atoms with Crippen molar-refractivity contribution in [2.45, 2.75) is 17.7 Å². The van der Waals surface area contributed by atoms with Gasteiger partial charge in [0.25, 0.3) is 0 Å². The molecule has 0 saturated carbocycles. The van der Waals surface area contributed by atoms with Crippen LogP contribution in [-0.4, -0.2) is 31.7 Å². The van der Waals surface area contributed by atoms with Crippen molar-refractivity contribution in [3.63, 3.8) is 0 Å². The fourth-order valence-corrected chi connectivity index (χ4v) is 4.71. The Morgan fingerprint density at radius 2 is 2.04 bits per heavy atom. The highest BCUT2D eigenvalue weighted by molar-refractivity contribution is 8.23. The molecule has 2 aliphatic rings. The van der Waals surface area contributed by atoms with Crippen LogP contribution in [-0.2, 0) is 0 Å². The Bertz CT molecular complexity index is 1150. The van der Waals surface area contributed by atoms with Gasteiger partial charge in [-0.1, -0.05) is 16.8 Å². The summed E-state index contributed by atoms with van der Waals surface area (Å²) in [5.41, 5.74) is 1.33. The summed E-state index contributed by atoms with van der Waals surface area (Å²) < 4.78 is 35.9. The van der Waals surface area contributed by atoms with E-state index in [1.165, 1.54) is 0 Å². The molecule has 28 heavy (non-hydrogen) atoms. The molecule has 0 spiro atoms. The first-order chi connectivity index (χ1) is 13.5. The van der Waals surface area contributed by atoms with E-state index in [1.807, 2.05) is 11.0 Å². The van der Waals surface area contributed by atoms with Gasteiger partial charge in [0.2, 0.25) is 5.89 Å². The molecule has 0 atom stereocenters. The minimum absolute atomic E-state index is 0.158. The predicted molar refractivity (Wildman–Crippen MR) is 104 cm³/mol. The van der Waals surface area contributed by atoms with Crippen LogP contribution in [0.1, 0.15) is 12.8 Å². The van der Waals surface area contributed by atoms with Gasteiger partial charge in [-0.15, -0.1) is 9.50 Å². The molecule has 0 aliphatic carbocycles. The van der Waals surface area contributed by atoms with Crippen molar-refractivity contribution >= 4 is 22.3 Å². The number of aromatic nitrogens is 2. The number of anilines is 1. The molecule has 0 amide bonds. The number of H-pyrrole nitrogens is 1. The summed E-state index contributed by atoms with van der Waals surface area (Å²) in [5, 5.41) is 6.01. The van der Waals surface area contributed by atoms with Crippen LogP contribution in [0.2, 0.25) is 0 Å². The first kappa shape index (κ1) is 17.0. The zero-order valence-corrected chi connectivity index (χ0v) is 15.3. The summed E-state index contributed by atoms with van der Waals surface area (Å²) in [6.07, 6.45) is 1.67. The molecule has 0 unspecified atom stereocenters. The number of hydrogen-bond donors (Lipinski definition) is 3. The smallest absolute Gasteiger partial charge is 0.434 e. The Hall–Kier alpha value is -3.08. The quantitative estimate of drug-likeness (QED) is 0.610. The summed E-state index contributed by atoms with van der Waals surface area (Å²) in [7, 11) is -3.26. The molecule has 1 saturated heterocycles. The Morgan fingerprint density at radius 3 is 2.86 bits per heavy atom. The van der Waals surface area contributed by atoms with Crippen molar-refractivity contribution in [1.82, 2.24) is 10.2 Å². The molecule has 2 aromatic carbocycles. The summed E-state index contributed by atoms with van der Waals surface area (Å²) in [6, 6.07) is 12.1. The predicted octanol–water partition coefficient (Wildman–Crippen LogP) is 3.86. The zero-order chi connectivity index (χ0) is 19.3. The second kappa shape index (κ2) is 6.23. The van der Waals surface area contributed by atoms with Crippen LogP contribution in [0.5, 0.6) is 11.5 Å². The van der Waals surface area contributed by atoms with Crippen molar-refractivity contribution in [3.8, 4) is 23.0 Å². The van der Waals surface area contributed by atoms with Gasteiger partial charge in [-0.05, 0) is 36.8 Å². The normalized spacial score (nSPS) is 18.2. The molecule has 3 N–H and O–H groups in total. The Kier molecular flexibility index (Phi) is 3.79. The number of nitrogens with one attached hydrogen (secondary N) is 1. The molecule has 5 rings (SSSR count). The van der Waals surface area contributed by atoms with Gasteiger partial charge in [0.1, 0.15) is 22.2 Å². The molecule has 0 radical (unpaired) electrons. The van der Waals surface area contributed by atoms with Crippen molar-refractivity contribution in [2.24, 2.45) is 4.40 Å². The number of fused-ring (bicyclic) bond motifs is 3. The van der Waals surface area contributed by atoms with E-state index in [0.717, 1.165) is 30.9 Å². The monoisotopic (exact) mass is 400 g/mol. The first-order valence-corrected chi connectivity index (χ1v) is 10.1. The average Bonchev–Trinajstić information content (AvgIpc) is 3.30. The fourth-order valence-electron chi connectivity index (χ4n) is 3.39. The molecule has 3 aromatic rings. The lowest BCUT2D eigenvalue weighted by Gasteiger charge is -2.37. The van der Waals surface area contributed by atoms with Crippen molar-refractivity contribution in [1.29, 1.82) is 0 Å². The number of amidine groups is 1. The maximum atomic E-state index is 11.1. The molecule has 1 fully saturated rings. The third-order valence-electron chi connectivity index (χ3n) is 4.60. The van der Waals surface area contributed by atoms with Gasteiger partial charge in [-0.25, -0.2) is 9.89 Å². The van der Waals surface area contributed by atoms with E-state index in [0.29, 0.717) is 22.0 Å². The van der Waals surface area contributed by atoms with E-state index >= 15 is 0 Å². The van der Waals surface area contributed by atoms with E-state index in [9.17, 15) is 13.9 Å². The Morgan fingerprint density at radius 1 is 1.18 bits per heavy atom. The number of rotatable bonds is 3. The molecule has 9 nitrogen and oxygen atoms in total. The molecule has 10 heteroatoms. The SMILES string of the molecule is O=c1[nH]nc(-c2cccc(Oc3ccc4c(c3)S(O)(O)N=C3CCCN34)c2)o1. The third kappa shape index (κ3) is 2.87. The van der Waals surface area contributed by atoms with Crippen LogP contribution in [0.3, 0.4) is 0 Å². The van der Waals surface area contributed by atoms with E-state index in [-0.39, 0.29) is 5.89 Å². The van der Waals surface area contributed by atoms with Gasteiger partial charge in [-0.3, -0.25) is 9.11 Å². The van der Waals surface area contributed by atoms with E-state index < -0.39 is 16.5 Å². The van der Waals surface area contributed by atoms with Crippen LogP contribution < -0.4 is 15.4 Å². The van der Waals surface area contributed by atoms with Crippen molar-refractivity contribution in [3.05, 3.63) is 53.0 Å². The minimum Gasteiger partial charge on any atom is -0.457 e. The standard InChI is InChI=1S/C18H16N4O5S/c23-18-20-19-17(27-18)11-3-1-4-12(9-11)26-13-6-7-14-15(10-13)28(24,25)21-16-5-2-8-22(14)16/h1,3-4,6-7,9-10,24-25H,2,5,8H2,(H,20,23). The van der Waals surface area contributed by atoms with Gasteiger partial charge in [0.05, 0.1) is 5.69 Å². The van der Waals surface area contributed by atoms with Crippen LogP contribution in [0, 0.1) is 0 Å². The number of hydrogen-bond acceptors (Lipinski definition) is 8. The van der Waals surface area contributed by atoms with Gasteiger partial charge in [0.15, 0.2) is 0 Å². The zero-order valence-electron chi connectivity index (χ0n) is 14.5. The van der Waals surface area contributed by atoms with E-state index in [1.54, 1.807) is 36.4 Å². The van der Waals surface area contributed by atoms with Gasteiger partial charge >= 0.3 is 5.76 Å². The maximum absolute atomic E-state index is 11.1. The number of ether oxygens (including phenoxy) is 1. The summed E-state index contributed by atoms with van der Waals surface area (Å²) in [5.74, 6) is 1.17. The highest BCUT2D eigenvalue weighted by Crippen LogP contribution is 2.58. The third-order valence-corrected chi connectivity index (χ3v) is 5.98. The second-order valence-electron chi connectivity index (χ2n) is 6.46. The highest BCUT2D eigenvalue weighted by atomic mass is 32.3. The Balaban J connectivity index is 1.47. The minimum atomic E-state index is -3.26. The lowest BCUT2D eigenvalue weighted by Crippen LogP contribution is -2.29. The molecule has 144 valence electrons.